The van der Waals surface area contributed by atoms with Gasteiger partial charge in [0.2, 0.25) is 0 Å². The Morgan fingerprint density at radius 1 is 0.955 bits per heavy atom. The lowest BCUT2D eigenvalue weighted by atomic mass is 10.0. The van der Waals surface area contributed by atoms with E-state index in [9.17, 15) is 9.90 Å². The number of allylic oxidation sites excluding steroid dienone is 1. The van der Waals surface area contributed by atoms with Gasteiger partial charge in [-0.3, -0.25) is 4.79 Å². The Labute approximate surface area is 136 Å². The van der Waals surface area contributed by atoms with Crippen LogP contribution >= 0.6 is 0 Å². The molecule has 2 N–H and O–H groups in total. The Kier molecular flexibility index (Phi) is 14.5. The van der Waals surface area contributed by atoms with Crippen molar-refractivity contribution in [1.82, 2.24) is 0 Å². The number of unbranched alkanes of at least 4 members (excludes halogenated alkanes) is 7. The average Bonchev–Trinajstić information content (AvgIpc) is 2.49. The molecule has 0 aliphatic carbocycles. The molecule has 0 saturated carbocycles. The van der Waals surface area contributed by atoms with Crippen molar-refractivity contribution in [2.75, 3.05) is 0 Å². The lowest BCUT2D eigenvalue weighted by Crippen LogP contribution is -2.08. The maximum absolute atomic E-state index is 10.7. The topological polar surface area (TPSA) is 57.5 Å². The fraction of sp³-hybridized carbons (Fsp3) is 0.842. The van der Waals surface area contributed by atoms with Crippen molar-refractivity contribution in [3.8, 4) is 0 Å². The number of rotatable bonds is 15. The van der Waals surface area contributed by atoms with Crippen LogP contribution in [0.3, 0.4) is 0 Å². The summed E-state index contributed by atoms with van der Waals surface area (Å²) in [6, 6.07) is 0. The van der Waals surface area contributed by atoms with E-state index < -0.39 is 5.97 Å². The van der Waals surface area contributed by atoms with Crippen LogP contribution in [0.1, 0.15) is 90.9 Å². The van der Waals surface area contributed by atoms with Gasteiger partial charge >= 0.3 is 5.97 Å². The second-order valence-corrected chi connectivity index (χ2v) is 6.44. The second kappa shape index (κ2) is 15.1. The number of carboxylic acid groups (broad SMARTS) is 1. The van der Waals surface area contributed by atoms with E-state index in [1.165, 1.54) is 19.3 Å². The first kappa shape index (κ1) is 21.2. The zero-order chi connectivity index (χ0) is 16.6. The summed E-state index contributed by atoms with van der Waals surface area (Å²) in [5, 5.41) is 18.7. The van der Waals surface area contributed by atoms with Crippen molar-refractivity contribution >= 4 is 5.97 Å². The van der Waals surface area contributed by atoms with Crippen LogP contribution in [0.25, 0.3) is 0 Å². The molecule has 0 radical (unpaired) electrons. The number of aliphatic hydroxyl groups is 1. The van der Waals surface area contributed by atoms with Gasteiger partial charge in [-0.25, -0.2) is 0 Å². The first-order chi connectivity index (χ1) is 10.6. The summed E-state index contributed by atoms with van der Waals surface area (Å²) in [5.74, 6) is -0.906. The largest absolute Gasteiger partial charge is 0.481 e. The van der Waals surface area contributed by atoms with E-state index in [1.54, 1.807) is 6.92 Å². The highest BCUT2D eigenvalue weighted by Gasteiger charge is 2.09. The molecule has 0 bridgehead atoms. The minimum Gasteiger partial charge on any atom is -0.481 e. The summed E-state index contributed by atoms with van der Waals surface area (Å²) >= 11 is 0. The number of hydrogen-bond donors (Lipinski definition) is 2. The highest BCUT2D eigenvalue weighted by atomic mass is 16.4. The minimum absolute atomic E-state index is 0.200. The third-order valence-electron chi connectivity index (χ3n) is 4.15. The van der Waals surface area contributed by atoms with Gasteiger partial charge in [0.15, 0.2) is 0 Å². The number of carbonyl (C=O) groups is 1. The Hall–Kier alpha value is -0.830. The van der Waals surface area contributed by atoms with Crippen molar-refractivity contribution < 1.29 is 15.0 Å². The summed E-state index contributed by atoms with van der Waals surface area (Å²) in [5.41, 5.74) is 0. The standard InChI is InChI=1S/C19H36O3/c1-3-4-5-6-9-12-15-18(20)16-13-10-7-8-11-14-17(2)19(21)22/h9,12,17-18,20H,3-8,10-11,13-16H2,1-2H3,(H,21,22)/b12-9-. The number of aliphatic carboxylic acids is 1. The minimum atomic E-state index is -0.689. The smallest absolute Gasteiger partial charge is 0.306 e. The van der Waals surface area contributed by atoms with E-state index >= 15 is 0 Å². The molecule has 0 aliphatic heterocycles. The van der Waals surface area contributed by atoms with Gasteiger partial charge < -0.3 is 10.2 Å². The molecule has 0 fully saturated rings. The monoisotopic (exact) mass is 312 g/mol. The molecule has 0 spiro atoms. The van der Waals surface area contributed by atoms with Crippen LogP contribution < -0.4 is 0 Å². The van der Waals surface area contributed by atoms with Crippen molar-refractivity contribution in [2.45, 2.75) is 97.0 Å². The number of aliphatic hydroxyl groups excluding tert-OH is 1. The molecule has 0 aromatic heterocycles. The fourth-order valence-corrected chi connectivity index (χ4v) is 2.49. The van der Waals surface area contributed by atoms with Gasteiger partial charge in [-0.1, -0.05) is 70.9 Å². The molecule has 2 atom stereocenters. The third-order valence-corrected chi connectivity index (χ3v) is 4.15. The van der Waals surface area contributed by atoms with E-state index in [4.69, 9.17) is 5.11 Å². The fourth-order valence-electron chi connectivity index (χ4n) is 2.49. The molecule has 0 aliphatic rings. The Bertz CT molecular complexity index is 286. The zero-order valence-electron chi connectivity index (χ0n) is 14.6. The highest BCUT2D eigenvalue weighted by Crippen LogP contribution is 2.13. The first-order valence-corrected chi connectivity index (χ1v) is 9.13. The predicted octanol–water partition coefficient (Wildman–Crippen LogP) is 5.33. The maximum atomic E-state index is 10.7. The predicted molar refractivity (Wildman–Crippen MR) is 93.0 cm³/mol. The third kappa shape index (κ3) is 14.1. The average molecular weight is 312 g/mol. The van der Waals surface area contributed by atoms with Gasteiger partial charge in [-0.2, -0.15) is 0 Å². The second-order valence-electron chi connectivity index (χ2n) is 6.44. The van der Waals surface area contributed by atoms with Gasteiger partial charge in [-0.15, -0.1) is 0 Å². The molecule has 3 heteroatoms. The van der Waals surface area contributed by atoms with Gasteiger partial charge in [0.05, 0.1) is 12.0 Å². The molecule has 2 unspecified atom stereocenters. The molecule has 130 valence electrons. The van der Waals surface area contributed by atoms with Crippen molar-refractivity contribution in [2.24, 2.45) is 5.92 Å². The van der Waals surface area contributed by atoms with Crippen LogP contribution in [0.2, 0.25) is 0 Å². The van der Waals surface area contributed by atoms with E-state index in [1.807, 2.05) is 0 Å². The van der Waals surface area contributed by atoms with Crippen LogP contribution in [-0.4, -0.2) is 22.3 Å². The summed E-state index contributed by atoms with van der Waals surface area (Å²) in [6.07, 6.45) is 16.9. The van der Waals surface area contributed by atoms with Crippen LogP contribution in [0.5, 0.6) is 0 Å². The lowest BCUT2D eigenvalue weighted by Gasteiger charge is -2.08. The molecule has 0 saturated heterocycles. The Balaban J connectivity index is 3.34. The van der Waals surface area contributed by atoms with Crippen molar-refractivity contribution in [1.29, 1.82) is 0 Å². The van der Waals surface area contributed by atoms with Gasteiger partial charge in [0.1, 0.15) is 0 Å². The van der Waals surface area contributed by atoms with Gasteiger partial charge in [-0.05, 0) is 32.1 Å². The van der Waals surface area contributed by atoms with Crippen molar-refractivity contribution in [3.05, 3.63) is 12.2 Å². The molecule has 3 nitrogen and oxygen atoms in total. The summed E-state index contributed by atoms with van der Waals surface area (Å²) in [4.78, 5) is 10.7. The number of hydrogen-bond acceptors (Lipinski definition) is 2. The SMILES string of the molecule is CCCCC/C=C\CC(O)CCCCCCCC(C)C(=O)O. The Morgan fingerprint density at radius 3 is 2.23 bits per heavy atom. The van der Waals surface area contributed by atoms with Gasteiger partial charge in [0.25, 0.3) is 0 Å². The summed E-state index contributed by atoms with van der Waals surface area (Å²) in [6.45, 7) is 3.98. The van der Waals surface area contributed by atoms with Crippen LogP contribution in [0.15, 0.2) is 12.2 Å². The van der Waals surface area contributed by atoms with Crippen molar-refractivity contribution in [3.63, 3.8) is 0 Å². The van der Waals surface area contributed by atoms with Crippen LogP contribution in [-0.2, 0) is 4.79 Å². The molecule has 0 rings (SSSR count). The molecular weight excluding hydrogens is 276 g/mol. The van der Waals surface area contributed by atoms with Gasteiger partial charge in [0, 0.05) is 0 Å². The highest BCUT2D eigenvalue weighted by molar-refractivity contribution is 5.69. The maximum Gasteiger partial charge on any atom is 0.306 e. The quantitative estimate of drug-likeness (QED) is 0.317. The molecule has 0 amide bonds. The normalized spacial score (nSPS) is 14.3. The molecule has 0 aromatic rings. The van der Waals surface area contributed by atoms with E-state index in [2.05, 4.69) is 19.1 Å². The molecule has 0 heterocycles. The van der Waals surface area contributed by atoms with E-state index in [0.29, 0.717) is 0 Å². The molecule has 22 heavy (non-hydrogen) atoms. The molecular formula is C19H36O3. The summed E-state index contributed by atoms with van der Waals surface area (Å²) in [7, 11) is 0. The van der Waals surface area contributed by atoms with E-state index in [-0.39, 0.29) is 12.0 Å². The molecule has 0 aromatic carbocycles. The zero-order valence-corrected chi connectivity index (χ0v) is 14.6. The Morgan fingerprint density at radius 2 is 1.59 bits per heavy atom. The van der Waals surface area contributed by atoms with Crippen LogP contribution in [0, 0.1) is 5.92 Å². The first-order valence-electron chi connectivity index (χ1n) is 9.13. The van der Waals surface area contributed by atoms with E-state index in [0.717, 1.165) is 57.8 Å². The summed E-state index contributed by atoms with van der Waals surface area (Å²) < 4.78 is 0. The lowest BCUT2D eigenvalue weighted by molar-refractivity contribution is -0.141. The van der Waals surface area contributed by atoms with Crippen LogP contribution in [0.4, 0.5) is 0 Å². The number of carboxylic acids is 1.